The number of rotatable bonds is 5. The van der Waals surface area contributed by atoms with Crippen LogP contribution in [0.15, 0.2) is 6.20 Å². The molecule has 82 valence electrons. The molecule has 0 saturated heterocycles. The number of imidazole rings is 1. The van der Waals surface area contributed by atoms with Crippen molar-refractivity contribution in [2.24, 2.45) is 0 Å². The molecule has 0 aliphatic heterocycles. The summed E-state index contributed by atoms with van der Waals surface area (Å²) < 4.78 is 0. The first-order valence-electron chi connectivity index (χ1n) is 5.51. The summed E-state index contributed by atoms with van der Waals surface area (Å²) >= 11 is 0. The van der Waals surface area contributed by atoms with Crippen LogP contribution in [-0.4, -0.2) is 21.0 Å². The quantitative estimate of drug-likeness (QED) is 0.778. The van der Waals surface area contributed by atoms with E-state index in [2.05, 4.69) is 9.97 Å². The van der Waals surface area contributed by atoms with Crippen LogP contribution in [-0.2, 0) is 11.2 Å². The Morgan fingerprint density at radius 1 is 1.60 bits per heavy atom. The zero-order valence-electron chi connectivity index (χ0n) is 8.70. The molecule has 0 spiro atoms. The number of carbonyl (C=O) groups is 1. The lowest BCUT2D eigenvalue weighted by atomic mass is 9.83. The molecule has 0 unspecified atom stereocenters. The van der Waals surface area contributed by atoms with Crippen molar-refractivity contribution in [3.8, 4) is 0 Å². The van der Waals surface area contributed by atoms with Gasteiger partial charge in [-0.25, -0.2) is 4.98 Å². The van der Waals surface area contributed by atoms with E-state index in [4.69, 9.17) is 5.11 Å². The molecular formula is C11H16N2O2. The highest BCUT2D eigenvalue weighted by molar-refractivity contribution is 5.66. The Bertz CT molecular complexity index is 342. The van der Waals surface area contributed by atoms with Gasteiger partial charge in [-0.05, 0) is 19.3 Å². The van der Waals surface area contributed by atoms with Gasteiger partial charge in [0.25, 0.3) is 0 Å². The van der Waals surface area contributed by atoms with E-state index in [-0.39, 0.29) is 6.42 Å². The maximum atomic E-state index is 10.3. The molecule has 1 aromatic rings. The number of aliphatic carboxylic acids is 1. The number of carboxylic acids is 1. The second-order valence-electron chi connectivity index (χ2n) is 4.16. The Morgan fingerprint density at radius 3 is 3.00 bits per heavy atom. The molecule has 2 N–H and O–H groups in total. The molecule has 1 fully saturated rings. The second kappa shape index (κ2) is 4.47. The number of aryl methyl sites for hydroxylation is 1. The van der Waals surface area contributed by atoms with E-state index in [1.165, 1.54) is 25.0 Å². The molecule has 0 amide bonds. The number of carboxylic acid groups (broad SMARTS) is 1. The van der Waals surface area contributed by atoms with Crippen LogP contribution in [0.25, 0.3) is 0 Å². The van der Waals surface area contributed by atoms with Crippen LogP contribution in [0.1, 0.15) is 49.5 Å². The zero-order valence-corrected chi connectivity index (χ0v) is 8.70. The van der Waals surface area contributed by atoms with Gasteiger partial charge in [-0.2, -0.15) is 0 Å². The lowest BCUT2D eigenvalue weighted by molar-refractivity contribution is -0.137. The number of hydrogen-bond acceptors (Lipinski definition) is 2. The highest BCUT2D eigenvalue weighted by Crippen LogP contribution is 2.35. The van der Waals surface area contributed by atoms with Gasteiger partial charge < -0.3 is 10.1 Å². The van der Waals surface area contributed by atoms with Gasteiger partial charge in [0.1, 0.15) is 5.82 Å². The lowest BCUT2D eigenvalue weighted by Gasteiger charge is -2.23. The van der Waals surface area contributed by atoms with Crippen molar-refractivity contribution >= 4 is 5.97 Å². The maximum Gasteiger partial charge on any atom is 0.303 e. The number of hydrogen-bond donors (Lipinski definition) is 2. The minimum Gasteiger partial charge on any atom is -0.481 e. The van der Waals surface area contributed by atoms with Gasteiger partial charge in [0.15, 0.2) is 0 Å². The van der Waals surface area contributed by atoms with Crippen LogP contribution in [0.3, 0.4) is 0 Å². The highest BCUT2D eigenvalue weighted by atomic mass is 16.4. The number of nitrogens with one attached hydrogen (secondary N) is 1. The molecule has 1 aromatic heterocycles. The third-order valence-corrected chi connectivity index (χ3v) is 3.00. The Hall–Kier alpha value is -1.32. The molecule has 1 aliphatic rings. The highest BCUT2D eigenvalue weighted by Gasteiger charge is 2.21. The molecule has 1 saturated carbocycles. The van der Waals surface area contributed by atoms with Crippen molar-refractivity contribution in [2.45, 2.75) is 44.4 Å². The predicted octanol–water partition coefficient (Wildman–Crippen LogP) is 2.08. The summed E-state index contributed by atoms with van der Waals surface area (Å²) in [6.45, 7) is 0. The van der Waals surface area contributed by atoms with E-state index in [1.807, 2.05) is 6.20 Å². The van der Waals surface area contributed by atoms with Crippen molar-refractivity contribution in [1.82, 2.24) is 9.97 Å². The molecule has 15 heavy (non-hydrogen) atoms. The first-order chi connectivity index (χ1) is 7.25. The van der Waals surface area contributed by atoms with Crippen LogP contribution in [0.2, 0.25) is 0 Å². The predicted molar refractivity (Wildman–Crippen MR) is 55.8 cm³/mol. The van der Waals surface area contributed by atoms with Gasteiger partial charge in [-0.1, -0.05) is 6.42 Å². The number of nitrogens with zero attached hydrogens (tertiary/aromatic N) is 1. The Kier molecular flexibility index (Phi) is 3.04. The minimum absolute atomic E-state index is 0.222. The first-order valence-corrected chi connectivity index (χ1v) is 5.51. The van der Waals surface area contributed by atoms with E-state index < -0.39 is 5.97 Å². The second-order valence-corrected chi connectivity index (χ2v) is 4.16. The van der Waals surface area contributed by atoms with Gasteiger partial charge in [0, 0.05) is 30.7 Å². The number of H-pyrrole nitrogens is 1. The third kappa shape index (κ3) is 2.58. The first kappa shape index (κ1) is 10.2. The van der Waals surface area contributed by atoms with Gasteiger partial charge in [-0.3, -0.25) is 4.79 Å². The molecule has 4 nitrogen and oxygen atoms in total. The van der Waals surface area contributed by atoms with Crippen molar-refractivity contribution < 1.29 is 9.90 Å². The summed E-state index contributed by atoms with van der Waals surface area (Å²) in [7, 11) is 0. The average Bonchev–Trinajstić information content (AvgIpc) is 2.49. The molecule has 0 radical (unpaired) electrons. The molecule has 4 heteroatoms. The maximum absolute atomic E-state index is 10.3. The van der Waals surface area contributed by atoms with E-state index in [1.54, 1.807) is 0 Å². The van der Waals surface area contributed by atoms with Crippen molar-refractivity contribution in [1.29, 1.82) is 0 Å². The summed E-state index contributed by atoms with van der Waals surface area (Å²) in [6.07, 6.45) is 7.36. The third-order valence-electron chi connectivity index (χ3n) is 3.00. The molecule has 2 rings (SSSR count). The largest absolute Gasteiger partial charge is 0.481 e. The van der Waals surface area contributed by atoms with E-state index >= 15 is 0 Å². The smallest absolute Gasteiger partial charge is 0.303 e. The molecule has 1 aliphatic carbocycles. The summed E-state index contributed by atoms with van der Waals surface area (Å²) in [5.74, 6) is 0.865. The minimum atomic E-state index is -0.735. The van der Waals surface area contributed by atoms with Crippen LogP contribution in [0, 0.1) is 0 Å². The number of aromatic nitrogens is 2. The Balaban J connectivity index is 1.81. The summed E-state index contributed by atoms with van der Waals surface area (Å²) in [5.41, 5.74) is 1.23. The van der Waals surface area contributed by atoms with Crippen LogP contribution in [0.4, 0.5) is 0 Å². The SMILES string of the molecule is O=C(O)CCCc1ncc(C2CCC2)[nH]1. The molecule has 0 bridgehead atoms. The molecule has 0 aromatic carbocycles. The van der Waals surface area contributed by atoms with E-state index in [9.17, 15) is 4.79 Å². The van der Waals surface area contributed by atoms with Crippen molar-refractivity contribution in [3.63, 3.8) is 0 Å². The normalized spacial score (nSPS) is 16.3. The lowest BCUT2D eigenvalue weighted by Crippen LogP contribution is -2.09. The summed E-state index contributed by atoms with van der Waals surface area (Å²) in [4.78, 5) is 17.9. The average molecular weight is 208 g/mol. The molecule has 0 atom stereocenters. The monoisotopic (exact) mass is 208 g/mol. The standard InChI is InChI=1S/C11H16N2O2/c14-11(15)6-2-5-10-12-7-9(13-10)8-3-1-4-8/h7-8H,1-6H2,(H,12,13)(H,14,15). The van der Waals surface area contributed by atoms with Gasteiger partial charge >= 0.3 is 5.97 Å². The van der Waals surface area contributed by atoms with Crippen LogP contribution >= 0.6 is 0 Å². The Labute approximate surface area is 88.7 Å². The fraction of sp³-hybridized carbons (Fsp3) is 0.636. The Morgan fingerprint density at radius 2 is 2.40 bits per heavy atom. The summed E-state index contributed by atoms with van der Waals surface area (Å²) in [6, 6.07) is 0. The van der Waals surface area contributed by atoms with Crippen LogP contribution in [0.5, 0.6) is 0 Å². The van der Waals surface area contributed by atoms with Gasteiger partial charge in [0.2, 0.25) is 0 Å². The summed E-state index contributed by atoms with van der Waals surface area (Å²) in [5, 5.41) is 8.50. The van der Waals surface area contributed by atoms with Gasteiger partial charge in [0.05, 0.1) is 0 Å². The zero-order chi connectivity index (χ0) is 10.7. The topological polar surface area (TPSA) is 66.0 Å². The van der Waals surface area contributed by atoms with Gasteiger partial charge in [-0.15, -0.1) is 0 Å². The van der Waals surface area contributed by atoms with Crippen LogP contribution < -0.4 is 0 Å². The molecular weight excluding hydrogens is 192 g/mol. The van der Waals surface area contributed by atoms with Crippen molar-refractivity contribution in [3.05, 3.63) is 17.7 Å². The number of aromatic amines is 1. The van der Waals surface area contributed by atoms with E-state index in [0.717, 1.165) is 12.2 Å². The van der Waals surface area contributed by atoms with E-state index in [0.29, 0.717) is 12.3 Å². The fourth-order valence-electron chi connectivity index (χ4n) is 1.84. The van der Waals surface area contributed by atoms with Crippen molar-refractivity contribution in [2.75, 3.05) is 0 Å². The molecule has 1 heterocycles. The fourth-order valence-corrected chi connectivity index (χ4v) is 1.84.